The van der Waals surface area contributed by atoms with Gasteiger partial charge in [0.25, 0.3) is 0 Å². The molecule has 0 heterocycles. The van der Waals surface area contributed by atoms with E-state index in [9.17, 15) is 0 Å². The monoisotopic (exact) mass is 227 g/mol. The molecule has 1 fully saturated rings. The van der Waals surface area contributed by atoms with Gasteiger partial charge in [-0.2, -0.15) is 0 Å². The molecule has 1 aliphatic rings. The Bertz CT molecular complexity index is 164. The van der Waals surface area contributed by atoms with Crippen LogP contribution in [0.3, 0.4) is 0 Å². The smallest absolute Gasteiger partial charge is 0.0101 e. The van der Waals surface area contributed by atoms with E-state index in [1.54, 1.807) is 0 Å². The molecule has 1 nitrogen and oxygen atoms in total. The van der Waals surface area contributed by atoms with E-state index in [2.05, 4.69) is 25.7 Å². The Hall–Kier alpha value is 0.177. The predicted molar refractivity (Wildman–Crippen MR) is 72.7 cm³/mol. The molecule has 0 spiro atoms. The van der Waals surface area contributed by atoms with E-state index in [4.69, 9.17) is 0 Å². The largest absolute Gasteiger partial charge is 0.295 e. The van der Waals surface area contributed by atoms with Crippen LogP contribution in [0.2, 0.25) is 6.04 Å². The highest BCUT2D eigenvalue weighted by atomic mass is 28.1. The SMILES string of the molecule is CC(C)N(C(C)CC[SiH3])C1CCCCC1. The highest BCUT2D eigenvalue weighted by molar-refractivity contribution is 6.08. The van der Waals surface area contributed by atoms with Crippen molar-refractivity contribution in [2.75, 3.05) is 0 Å². The Morgan fingerprint density at radius 1 is 1.13 bits per heavy atom. The van der Waals surface area contributed by atoms with Gasteiger partial charge in [-0.05, 0) is 40.0 Å². The molecule has 0 aromatic rings. The maximum atomic E-state index is 2.80. The summed E-state index contributed by atoms with van der Waals surface area (Å²) in [5, 5.41) is 0. The van der Waals surface area contributed by atoms with E-state index >= 15 is 0 Å². The Balaban J connectivity index is 2.54. The third kappa shape index (κ3) is 3.91. The van der Waals surface area contributed by atoms with Crippen LogP contribution in [0.15, 0.2) is 0 Å². The lowest BCUT2D eigenvalue weighted by Gasteiger charge is -2.41. The highest BCUT2D eigenvalue weighted by Gasteiger charge is 2.26. The van der Waals surface area contributed by atoms with Crippen LogP contribution in [0.5, 0.6) is 0 Å². The Morgan fingerprint density at radius 3 is 2.20 bits per heavy atom. The minimum Gasteiger partial charge on any atom is -0.295 e. The minimum absolute atomic E-state index is 0.733. The van der Waals surface area contributed by atoms with Crippen molar-refractivity contribution >= 4 is 10.2 Å². The van der Waals surface area contributed by atoms with Crippen molar-refractivity contribution in [3.8, 4) is 0 Å². The first kappa shape index (κ1) is 13.2. The number of rotatable bonds is 5. The molecule has 0 aromatic carbocycles. The van der Waals surface area contributed by atoms with Crippen LogP contribution in [-0.2, 0) is 0 Å². The summed E-state index contributed by atoms with van der Waals surface area (Å²) in [5.41, 5.74) is 0. The van der Waals surface area contributed by atoms with E-state index in [0.29, 0.717) is 0 Å². The Morgan fingerprint density at radius 2 is 1.73 bits per heavy atom. The first-order chi connectivity index (χ1) is 7.16. The van der Waals surface area contributed by atoms with Crippen molar-refractivity contribution in [2.45, 2.75) is 83.5 Å². The molecular weight excluding hydrogens is 198 g/mol. The number of hydrogen-bond acceptors (Lipinski definition) is 1. The molecule has 1 unspecified atom stereocenters. The van der Waals surface area contributed by atoms with Crippen LogP contribution in [-0.4, -0.2) is 33.3 Å². The standard InChI is InChI=1S/C13H29NSi/c1-11(2)14(12(3)9-10-15)13-7-5-4-6-8-13/h11-13H,4-10H2,1-3,15H3. The molecule has 0 bridgehead atoms. The second-order valence-corrected chi connectivity index (χ2v) is 6.47. The van der Waals surface area contributed by atoms with Gasteiger partial charge >= 0.3 is 0 Å². The molecule has 0 saturated heterocycles. The third-order valence-corrected chi connectivity index (χ3v) is 4.39. The Kier molecular flexibility index (Phi) is 5.91. The first-order valence-corrected chi connectivity index (χ1v) is 8.35. The van der Waals surface area contributed by atoms with Crippen LogP contribution in [0.25, 0.3) is 0 Å². The molecule has 0 amide bonds. The van der Waals surface area contributed by atoms with Crippen molar-refractivity contribution in [1.82, 2.24) is 4.90 Å². The summed E-state index contributed by atoms with van der Waals surface area (Å²) in [6.45, 7) is 7.18. The molecule has 90 valence electrons. The van der Waals surface area contributed by atoms with Gasteiger partial charge in [-0.15, -0.1) is 0 Å². The lowest BCUT2D eigenvalue weighted by molar-refractivity contribution is 0.0765. The van der Waals surface area contributed by atoms with Crippen molar-refractivity contribution in [1.29, 1.82) is 0 Å². The molecule has 0 N–H and O–H groups in total. The van der Waals surface area contributed by atoms with Gasteiger partial charge in [0.15, 0.2) is 0 Å². The summed E-state index contributed by atoms with van der Waals surface area (Å²) >= 11 is 0. The second kappa shape index (κ2) is 6.69. The maximum Gasteiger partial charge on any atom is 0.0101 e. The minimum atomic E-state index is 0.733. The van der Waals surface area contributed by atoms with Crippen molar-refractivity contribution in [3.63, 3.8) is 0 Å². The Labute approximate surface area is 99.0 Å². The summed E-state index contributed by atoms with van der Waals surface area (Å²) < 4.78 is 0. The molecule has 1 atom stereocenters. The summed E-state index contributed by atoms with van der Waals surface area (Å²) in [4.78, 5) is 2.80. The fourth-order valence-corrected chi connectivity index (χ4v) is 4.07. The molecule has 2 heteroatoms. The van der Waals surface area contributed by atoms with E-state index in [0.717, 1.165) is 18.1 Å². The summed E-state index contributed by atoms with van der Waals surface area (Å²) in [7, 11) is 1.37. The molecule has 1 aliphatic carbocycles. The number of nitrogens with zero attached hydrogens (tertiary/aromatic N) is 1. The van der Waals surface area contributed by atoms with Crippen LogP contribution < -0.4 is 0 Å². The zero-order chi connectivity index (χ0) is 11.3. The third-order valence-electron chi connectivity index (χ3n) is 3.81. The number of hydrogen-bond donors (Lipinski definition) is 0. The van der Waals surface area contributed by atoms with Gasteiger partial charge < -0.3 is 0 Å². The fraction of sp³-hybridized carbons (Fsp3) is 1.00. The first-order valence-electron chi connectivity index (χ1n) is 6.94. The zero-order valence-electron chi connectivity index (χ0n) is 11.1. The topological polar surface area (TPSA) is 3.24 Å². The van der Waals surface area contributed by atoms with Gasteiger partial charge in [0.1, 0.15) is 0 Å². The predicted octanol–water partition coefficient (Wildman–Crippen LogP) is 2.59. The van der Waals surface area contributed by atoms with Crippen LogP contribution >= 0.6 is 0 Å². The summed E-state index contributed by atoms with van der Waals surface area (Å²) in [6.07, 6.45) is 8.70. The molecule has 1 rings (SSSR count). The van der Waals surface area contributed by atoms with Gasteiger partial charge in [-0.3, -0.25) is 4.90 Å². The second-order valence-electron chi connectivity index (χ2n) is 5.47. The van der Waals surface area contributed by atoms with Gasteiger partial charge in [0, 0.05) is 28.4 Å². The lowest BCUT2D eigenvalue weighted by atomic mass is 9.92. The average Bonchev–Trinajstić information content (AvgIpc) is 2.19. The van der Waals surface area contributed by atoms with E-state index < -0.39 is 0 Å². The van der Waals surface area contributed by atoms with E-state index in [1.165, 1.54) is 54.8 Å². The normalized spacial score (nSPS) is 21.4. The fourth-order valence-electron chi connectivity index (χ4n) is 3.24. The van der Waals surface area contributed by atoms with Crippen molar-refractivity contribution < 1.29 is 0 Å². The molecule has 1 saturated carbocycles. The van der Waals surface area contributed by atoms with Gasteiger partial charge in [0.05, 0.1) is 0 Å². The summed E-state index contributed by atoms with van der Waals surface area (Å²) in [6, 6.07) is 3.89. The van der Waals surface area contributed by atoms with Crippen molar-refractivity contribution in [3.05, 3.63) is 0 Å². The average molecular weight is 227 g/mol. The van der Waals surface area contributed by atoms with Gasteiger partial charge in [-0.25, -0.2) is 0 Å². The highest BCUT2D eigenvalue weighted by Crippen LogP contribution is 2.26. The van der Waals surface area contributed by atoms with Crippen LogP contribution in [0.4, 0.5) is 0 Å². The van der Waals surface area contributed by atoms with Gasteiger partial charge in [-0.1, -0.05) is 25.3 Å². The molecule has 0 aliphatic heterocycles. The molecular formula is C13H29NSi. The van der Waals surface area contributed by atoms with Crippen LogP contribution in [0, 0.1) is 0 Å². The molecule has 15 heavy (non-hydrogen) atoms. The maximum absolute atomic E-state index is 2.80. The summed E-state index contributed by atoms with van der Waals surface area (Å²) in [5.74, 6) is 0. The van der Waals surface area contributed by atoms with Gasteiger partial charge in [0.2, 0.25) is 0 Å². The molecule has 0 radical (unpaired) electrons. The quantitative estimate of drug-likeness (QED) is 0.653. The van der Waals surface area contributed by atoms with E-state index in [1.807, 2.05) is 0 Å². The molecule has 0 aromatic heterocycles. The lowest BCUT2D eigenvalue weighted by Crippen LogP contribution is -2.47. The zero-order valence-corrected chi connectivity index (χ0v) is 13.1. The van der Waals surface area contributed by atoms with Crippen molar-refractivity contribution in [2.24, 2.45) is 0 Å². The van der Waals surface area contributed by atoms with Crippen LogP contribution in [0.1, 0.15) is 59.3 Å². The van der Waals surface area contributed by atoms with E-state index in [-0.39, 0.29) is 0 Å².